The molecule has 0 aliphatic heterocycles. The summed E-state index contributed by atoms with van der Waals surface area (Å²) in [6, 6.07) is 11.2. The van der Waals surface area contributed by atoms with E-state index in [1.807, 2.05) is 29.8 Å². The van der Waals surface area contributed by atoms with Crippen LogP contribution in [0.5, 0.6) is 0 Å². The van der Waals surface area contributed by atoms with Crippen molar-refractivity contribution in [3.05, 3.63) is 47.2 Å². The SMILES string of the molecule is Cc1cnc(Cl)cc1-c1nn(COCC[Si](C)(C)C)c2ccccc12. The Bertz CT molecular complexity index is 886. The molecule has 0 aliphatic rings. The number of ether oxygens (including phenoxy) is 1. The summed E-state index contributed by atoms with van der Waals surface area (Å²) >= 11 is 6.10. The van der Waals surface area contributed by atoms with Crippen LogP contribution in [-0.2, 0) is 11.5 Å². The van der Waals surface area contributed by atoms with E-state index < -0.39 is 8.07 Å². The van der Waals surface area contributed by atoms with E-state index in [1.54, 1.807) is 6.20 Å². The Morgan fingerprint density at radius 3 is 2.72 bits per heavy atom. The normalized spacial score (nSPS) is 12.0. The van der Waals surface area contributed by atoms with Crippen LogP contribution in [0.1, 0.15) is 5.56 Å². The monoisotopic (exact) mass is 373 g/mol. The second-order valence-corrected chi connectivity index (χ2v) is 13.5. The average Bonchev–Trinajstić information content (AvgIpc) is 2.92. The summed E-state index contributed by atoms with van der Waals surface area (Å²) in [6.07, 6.45) is 1.79. The number of hydrogen-bond donors (Lipinski definition) is 0. The lowest BCUT2D eigenvalue weighted by molar-refractivity contribution is 0.0818. The molecule has 0 bridgehead atoms. The molecule has 0 fully saturated rings. The zero-order chi connectivity index (χ0) is 18.0. The minimum atomic E-state index is -1.09. The summed E-state index contributed by atoms with van der Waals surface area (Å²) in [7, 11) is -1.09. The van der Waals surface area contributed by atoms with Gasteiger partial charge in [0.05, 0.1) is 5.52 Å². The summed E-state index contributed by atoms with van der Waals surface area (Å²) in [5.74, 6) is 0. The highest BCUT2D eigenvalue weighted by molar-refractivity contribution is 6.76. The van der Waals surface area contributed by atoms with E-state index in [4.69, 9.17) is 21.4 Å². The van der Waals surface area contributed by atoms with Crippen LogP contribution in [0.4, 0.5) is 0 Å². The van der Waals surface area contributed by atoms with Gasteiger partial charge in [0.2, 0.25) is 0 Å². The summed E-state index contributed by atoms with van der Waals surface area (Å²) in [4.78, 5) is 4.15. The van der Waals surface area contributed by atoms with Gasteiger partial charge in [-0.25, -0.2) is 9.67 Å². The van der Waals surface area contributed by atoms with Gasteiger partial charge in [0.1, 0.15) is 17.6 Å². The molecule has 0 radical (unpaired) electrons. The van der Waals surface area contributed by atoms with Gasteiger partial charge in [0, 0.05) is 31.8 Å². The number of fused-ring (bicyclic) bond motifs is 1. The maximum atomic E-state index is 6.10. The first kappa shape index (κ1) is 18.1. The Labute approximate surface area is 154 Å². The molecule has 132 valence electrons. The largest absolute Gasteiger partial charge is 0.360 e. The molecule has 0 saturated heterocycles. The minimum absolute atomic E-state index is 0.461. The Kier molecular flexibility index (Phi) is 5.27. The number of nitrogens with zero attached hydrogens (tertiary/aromatic N) is 3. The fourth-order valence-electron chi connectivity index (χ4n) is 2.71. The standard InChI is InChI=1S/C19H24ClN3OSi/c1-14-12-21-18(20)11-16(14)19-15-7-5-6-8-17(15)23(22-19)13-24-9-10-25(2,3)4/h5-8,11-12H,9-10,13H2,1-4H3. The Balaban J connectivity index is 1.92. The zero-order valence-electron chi connectivity index (χ0n) is 15.2. The summed E-state index contributed by atoms with van der Waals surface area (Å²) in [6.45, 7) is 10.3. The lowest BCUT2D eigenvalue weighted by atomic mass is 10.1. The van der Waals surface area contributed by atoms with E-state index >= 15 is 0 Å². The molecule has 0 aliphatic carbocycles. The van der Waals surface area contributed by atoms with Gasteiger partial charge in [-0.1, -0.05) is 49.4 Å². The highest BCUT2D eigenvalue weighted by Crippen LogP contribution is 2.31. The third-order valence-corrected chi connectivity index (χ3v) is 6.10. The second-order valence-electron chi connectivity index (χ2n) is 7.54. The first-order chi connectivity index (χ1) is 11.8. The van der Waals surface area contributed by atoms with Gasteiger partial charge in [-0.15, -0.1) is 0 Å². The molecule has 0 unspecified atom stereocenters. The second kappa shape index (κ2) is 7.28. The number of benzene rings is 1. The third-order valence-electron chi connectivity index (χ3n) is 4.19. The van der Waals surface area contributed by atoms with Crippen molar-refractivity contribution in [2.75, 3.05) is 6.61 Å². The van der Waals surface area contributed by atoms with Crippen LogP contribution in [0.3, 0.4) is 0 Å². The highest BCUT2D eigenvalue weighted by Gasteiger charge is 2.16. The third kappa shape index (κ3) is 4.29. The van der Waals surface area contributed by atoms with Gasteiger partial charge < -0.3 is 4.74 Å². The summed E-state index contributed by atoms with van der Waals surface area (Å²) in [5.41, 5.74) is 4.06. The zero-order valence-corrected chi connectivity index (χ0v) is 17.0. The van der Waals surface area contributed by atoms with Crippen molar-refractivity contribution < 1.29 is 4.74 Å². The van der Waals surface area contributed by atoms with Crippen molar-refractivity contribution in [2.24, 2.45) is 0 Å². The fourth-order valence-corrected chi connectivity index (χ4v) is 3.62. The average molecular weight is 374 g/mol. The lowest BCUT2D eigenvalue weighted by Crippen LogP contribution is -2.22. The quantitative estimate of drug-likeness (QED) is 0.331. The van der Waals surface area contributed by atoms with Crippen LogP contribution in [0, 0.1) is 6.92 Å². The van der Waals surface area contributed by atoms with Crippen molar-refractivity contribution in [1.29, 1.82) is 0 Å². The molecule has 25 heavy (non-hydrogen) atoms. The smallest absolute Gasteiger partial charge is 0.140 e. The predicted octanol–water partition coefficient (Wildman–Crippen LogP) is 5.37. The maximum absolute atomic E-state index is 6.10. The topological polar surface area (TPSA) is 39.9 Å². The molecule has 2 heterocycles. The molecule has 0 amide bonds. The van der Waals surface area contributed by atoms with Gasteiger partial charge in [0.25, 0.3) is 0 Å². The Hall–Kier alpha value is -1.69. The molecule has 3 rings (SSSR count). The van der Waals surface area contributed by atoms with E-state index in [2.05, 4.69) is 36.8 Å². The van der Waals surface area contributed by atoms with E-state index in [-0.39, 0.29) is 0 Å². The molecular formula is C19H24ClN3OSi. The number of aryl methyl sites for hydroxylation is 1. The minimum Gasteiger partial charge on any atom is -0.360 e. The molecule has 0 atom stereocenters. The molecule has 6 heteroatoms. The van der Waals surface area contributed by atoms with Gasteiger partial charge in [-0.05, 0) is 30.7 Å². The first-order valence-corrected chi connectivity index (χ1v) is 12.6. The van der Waals surface area contributed by atoms with Crippen LogP contribution >= 0.6 is 11.6 Å². The summed E-state index contributed by atoms with van der Waals surface area (Å²) in [5, 5.41) is 6.39. The highest BCUT2D eigenvalue weighted by atomic mass is 35.5. The van der Waals surface area contributed by atoms with Crippen molar-refractivity contribution in [1.82, 2.24) is 14.8 Å². The van der Waals surface area contributed by atoms with E-state index in [0.717, 1.165) is 40.4 Å². The molecule has 0 N–H and O–H groups in total. The maximum Gasteiger partial charge on any atom is 0.140 e. The van der Waals surface area contributed by atoms with Crippen LogP contribution < -0.4 is 0 Å². The van der Waals surface area contributed by atoms with Gasteiger partial charge in [-0.3, -0.25) is 0 Å². The number of pyridine rings is 1. The predicted molar refractivity (Wildman–Crippen MR) is 107 cm³/mol. The molecule has 0 saturated carbocycles. The molecule has 1 aromatic carbocycles. The van der Waals surface area contributed by atoms with E-state index in [9.17, 15) is 0 Å². The van der Waals surface area contributed by atoms with Crippen molar-refractivity contribution in [3.8, 4) is 11.3 Å². The molecule has 0 spiro atoms. The number of aromatic nitrogens is 3. The van der Waals surface area contributed by atoms with Gasteiger partial charge in [-0.2, -0.15) is 5.10 Å². The Morgan fingerprint density at radius 1 is 1.20 bits per heavy atom. The van der Waals surface area contributed by atoms with E-state index in [1.165, 1.54) is 0 Å². The Morgan fingerprint density at radius 2 is 1.96 bits per heavy atom. The van der Waals surface area contributed by atoms with Crippen LogP contribution in [-0.4, -0.2) is 29.4 Å². The van der Waals surface area contributed by atoms with Gasteiger partial charge >= 0.3 is 0 Å². The number of rotatable bonds is 6. The number of halogens is 1. The number of para-hydroxylation sites is 1. The molecule has 2 aromatic heterocycles. The van der Waals surface area contributed by atoms with Crippen molar-refractivity contribution in [3.63, 3.8) is 0 Å². The van der Waals surface area contributed by atoms with Crippen LogP contribution in [0.15, 0.2) is 36.5 Å². The number of hydrogen-bond acceptors (Lipinski definition) is 3. The molecule has 3 aromatic rings. The molecule has 4 nitrogen and oxygen atoms in total. The van der Waals surface area contributed by atoms with Crippen molar-refractivity contribution in [2.45, 2.75) is 39.3 Å². The lowest BCUT2D eigenvalue weighted by Gasteiger charge is -2.15. The fraction of sp³-hybridized carbons (Fsp3) is 0.368. The van der Waals surface area contributed by atoms with Gasteiger partial charge in [0.15, 0.2) is 0 Å². The first-order valence-electron chi connectivity index (χ1n) is 8.51. The van der Waals surface area contributed by atoms with Crippen molar-refractivity contribution >= 4 is 30.6 Å². The van der Waals surface area contributed by atoms with Crippen LogP contribution in [0.2, 0.25) is 30.8 Å². The summed E-state index contributed by atoms with van der Waals surface area (Å²) < 4.78 is 7.84. The molecular weight excluding hydrogens is 350 g/mol. The van der Waals surface area contributed by atoms with Crippen LogP contribution in [0.25, 0.3) is 22.2 Å². The van der Waals surface area contributed by atoms with E-state index in [0.29, 0.717) is 11.9 Å².